The lowest BCUT2D eigenvalue weighted by molar-refractivity contribution is 1.12. The van der Waals surface area contributed by atoms with Gasteiger partial charge in [-0.1, -0.05) is 0 Å². The zero-order valence-corrected chi connectivity index (χ0v) is 8.55. The third kappa shape index (κ3) is 1.81. The molecule has 0 atom stereocenters. The average Bonchev–Trinajstić information content (AvgIpc) is 2.03. The molecule has 2 heteroatoms. The molecule has 0 N–H and O–H groups in total. The molecule has 0 spiro atoms. The van der Waals surface area contributed by atoms with Gasteiger partial charge >= 0.3 is 0 Å². The van der Waals surface area contributed by atoms with Gasteiger partial charge in [-0.25, -0.2) is 4.85 Å². The Morgan fingerprint density at radius 2 is 1.62 bits per heavy atom. The molecule has 0 aliphatic heterocycles. The first kappa shape index (κ1) is 9.60. The van der Waals surface area contributed by atoms with Crippen LogP contribution in [0, 0.1) is 20.4 Å². The molecule has 0 aliphatic carbocycles. The van der Waals surface area contributed by atoms with Gasteiger partial charge in [0.05, 0.1) is 6.57 Å². The van der Waals surface area contributed by atoms with Crippen LogP contribution in [-0.4, -0.2) is 14.1 Å². The van der Waals surface area contributed by atoms with E-state index in [0.717, 1.165) is 22.5 Å². The van der Waals surface area contributed by atoms with Crippen molar-refractivity contribution < 1.29 is 0 Å². The third-order valence-corrected chi connectivity index (χ3v) is 2.10. The second-order valence-corrected chi connectivity index (χ2v) is 3.43. The minimum absolute atomic E-state index is 0.783. The number of hydrogen-bond acceptors (Lipinski definition) is 1. The summed E-state index contributed by atoms with van der Waals surface area (Å²) in [5, 5.41) is 0. The summed E-state index contributed by atoms with van der Waals surface area (Å²) in [5.74, 6) is 0. The second kappa shape index (κ2) is 3.49. The summed E-state index contributed by atoms with van der Waals surface area (Å²) in [7, 11) is 4.01. The Morgan fingerprint density at radius 1 is 1.15 bits per heavy atom. The van der Waals surface area contributed by atoms with E-state index in [9.17, 15) is 0 Å². The first-order chi connectivity index (χ1) is 6.06. The van der Waals surface area contributed by atoms with E-state index < -0.39 is 0 Å². The van der Waals surface area contributed by atoms with Gasteiger partial charge in [0.15, 0.2) is 5.69 Å². The number of benzene rings is 1. The van der Waals surface area contributed by atoms with E-state index in [0.29, 0.717) is 0 Å². The van der Waals surface area contributed by atoms with Crippen LogP contribution in [0.5, 0.6) is 0 Å². The van der Waals surface area contributed by atoms with Gasteiger partial charge < -0.3 is 4.90 Å². The fourth-order valence-electron chi connectivity index (χ4n) is 1.37. The molecule has 0 heterocycles. The van der Waals surface area contributed by atoms with Gasteiger partial charge in [-0.15, -0.1) is 0 Å². The van der Waals surface area contributed by atoms with Crippen molar-refractivity contribution in [3.05, 3.63) is 34.7 Å². The highest BCUT2D eigenvalue weighted by molar-refractivity contribution is 5.65. The first-order valence-electron chi connectivity index (χ1n) is 4.22. The Hall–Kier alpha value is -1.49. The molecular weight excluding hydrogens is 160 g/mol. The Morgan fingerprint density at radius 3 is 1.92 bits per heavy atom. The molecule has 0 radical (unpaired) electrons. The van der Waals surface area contributed by atoms with Gasteiger partial charge in [0.1, 0.15) is 0 Å². The quantitative estimate of drug-likeness (QED) is 0.594. The number of aryl methyl sites for hydroxylation is 2. The van der Waals surface area contributed by atoms with Crippen molar-refractivity contribution in [2.45, 2.75) is 13.8 Å². The molecule has 0 amide bonds. The SMILES string of the molecule is [C-]#[N+]c1c(C)cc(N(C)C)cc1C. The molecule has 0 saturated heterocycles. The van der Waals surface area contributed by atoms with Crippen molar-refractivity contribution in [2.75, 3.05) is 19.0 Å². The van der Waals surface area contributed by atoms with Crippen molar-refractivity contribution in [3.8, 4) is 0 Å². The maximum atomic E-state index is 7.01. The normalized spacial score (nSPS) is 9.46. The molecular formula is C11H14N2. The molecule has 0 saturated carbocycles. The van der Waals surface area contributed by atoms with Crippen LogP contribution in [0.25, 0.3) is 4.85 Å². The summed E-state index contributed by atoms with van der Waals surface area (Å²) in [6, 6.07) is 4.08. The van der Waals surface area contributed by atoms with Crippen molar-refractivity contribution in [1.82, 2.24) is 0 Å². The van der Waals surface area contributed by atoms with Crippen LogP contribution in [0.15, 0.2) is 12.1 Å². The largest absolute Gasteiger partial charge is 0.378 e. The Bertz CT molecular complexity index is 336. The summed E-state index contributed by atoms with van der Waals surface area (Å²) < 4.78 is 0. The molecule has 1 aromatic rings. The first-order valence-corrected chi connectivity index (χ1v) is 4.22. The fraction of sp³-hybridized carbons (Fsp3) is 0.364. The molecule has 1 rings (SSSR count). The van der Waals surface area contributed by atoms with Gasteiger partial charge in [-0.2, -0.15) is 0 Å². The van der Waals surface area contributed by atoms with E-state index in [4.69, 9.17) is 6.57 Å². The smallest absolute Gasteiger partial charge is 0.193 e. The maximum Gasteiger partial charge on any atom is 0.193 e. The molecule has 1 aromatic carbocycles. The highest BCUT2D eigenvalue weighted by Crippen LogP contribution is 2.28. The molecule has 0 bridgehead atoms. The average molecular weight is 174 g/mol. The fourth-order valence-corrected chi connectivity index (χ4v) is 1.37. The van der Waals surface area contributed by atoms with Gasteiger partial charge in [0.25, 0.3) is 0 Å². The summed E-state index contributed by atoms with van der Waals surface area (Å²) in [6.07, 6.45) is 0. The zero-order chi connectivity index (χ0) is 10.0. The highest BCUT2D eigenvalue weighted by atomic mass is 15.1. The lowest BCUT2D eigenvalue weighted by Crippen LogP contribution is -2.08. The minimum Gasteiger partial charge on any atom is -0.378 e. The molecule has 0 aromatic heterocycles. The summed E-state index contributed by atoms with van der Waals surface area (Å²) in [5.41, 5.74) is 4.05. The van der Waals surface area contributed by atoms with E-state index in [1.807, 2.05) is 45.0 Å². The highest BCUT2D eigenvalue weighted by Gasteiger charge is 2.05. The maximum absolute atomic E-state index is 7.01. The molecule has 2 nitrogen and oxygen atoms in total. The van der Waals surface area contributed by atoms with Crippen LogP contribution in [-0.2, 0) is 0 Å². The van der Waals surface area contributed by atoms with Gasteiger partial charge in [-0.05, 0) is 37.1 Å². The summed E-state index contributed by atoms with van der Waals surface area (Å²) in [6.45, 7) is 11.0. The molecule has 0 unspecified atom stereocenters. The third-order valence-electron chi connectivity index (χ3n) is 2.10. The number of anilines is 1. The predicted octanol–water partition coefficient (Wildman–Crippen LogP) is 2.92. The van der Waals surface area contributed by atoms with Crippen LogP contribution in [0.1, 0.15) is 11.1 Å². The second-order valence-electron chi connectivity index (χ2n) is 3.43. The lowest BCUT2D eigenvalue weighted by Gasteiger charge is -2.15. The van der Waals surface area contributed by atoms with Crippen LogP contribution in [0.2, 0.25) is 0 Å². The Labute approximate surface area is 79.6 Å². The monoisotopic (exact) mass is 174 g/mol. The molecule has 0 aliphatic rings. The Balaban J connectivity index is 3.30. The number of hydrogen-bond donors (Lipinski definition) is 0. The summed E-state index contributed by atoms with van der Waals surface area (Å²) in [4.78, 5) is 5.55. The topological polar surface area (TPSA) is 7.60 Å². The number of nitrogens with zero attached hydrogens (tertiary/aromatic N) is 2. The van der Waals surface area contributed by atoms with Crippen LogP contribution >= 0.6 is 0 Å². The molecule has 13 heavy (non-hydrogen) atoms. The van der Waals surface area contributed by atoms with Gasteiger partial charge in [0, 0.05) is 19.8 Å². The lowest BCUT2D eigenvalue weighted by atomic mass is 10.1. The van der Waals surface area contributed by atoms with Crippen LogP contribution in [0.3, 0.4) is 0 Å². The number of rotatable bonds is 1. The minimum atomic E-state index is 0.783. The van der Waals surface area contributed by atoms with E-state index >= 15 is 0 Å². The van der Waals surface area contributed by atoms with E-state index in [-0.39, 0.29) is 0 Å². The van der Waals surface area contributed by atoms with E-state index in [1.165, 1.54) is 0 Å². The van der Waals surface area contributed by atoms with Crippen LogP contribution < -0.4 is 4.90 Å². The van der Waals surface area contributed by atoms with Crippen molar-refractivity contribution in [1.29, 1.82) is 0 Å². The van der Waals surface area contributed by atoms with E-state index in [1.54, 1.807) is 0 Å². The van der Waals surface area contributed by atoms with Crippen molar-refractivity contribution in [3.63, 3.8) is 0 Å². The zero-order valence-electron chi connectivity index (χ0n) is 8.55. The predicted molar refractivity (Wildman–Crippen MR) is 56.5 cm³/mol. The van der Waals surface area contributed by atoms with Crippen molar-refractivity contribution >= 4 is 11.4 Å². The van der Waals surface area contributed by atoms with Gasteiger partial charge in [0.2, 0.25) is 0 Å². The summed E-state index contributed by atoms with van der Waals surface area (Å²) >= 11 is 0. The molecule has 68 valence electrons. The molecule has 0 fully saturated rings. The van der Waals surface area contributed by atoms with Gasteiger partial charge in [-0.3, -0.25) is 0 Å². The Kier molecular flexibility index (Phi) is 2.57. The standard InChI is InChI=1S/C11H14N2/c1-8-6-10(13(4)5)7-9(2)11(8)12-3/h6-7H,1-2,4-5H3. The van der Waals surface area contributed by atoms with E-state index in [2.05, 4.69) is 4.85 Å². The van der Waals surface area contributed by atoms with Crippen LogP contribution in [0.4, 0.5) is 11.4 Å². The van der Waals surface area contributed by atoms with Crippen molar-refractivity contribution in [2.24, 2.45) is 0 Å².